The number of nitrogens with zero attached hydrogens (tertiary/aromatic N) is 5. The van der Waals surface area contributed by atoms with Crippen LogP contribution in [-0.2, 0) is 6.42 Å². The van der Waals surface area contributed by atoms with Crippen molar-refractivity contribution in [2.75, 3.05) is 43.5 Å². The first-order valence-electron chi connectivity index (χ1n) is 10.8. The van der Waals surface area contributed by atoms with Crippen LogP contribution in [0.3, 0.4) is 0 Å². The Bertz CT molecular complexity index is 1260. The molecule has 8 heteroatoms. The number of para-hydroxylation sites is 1. The Labute approximate surface area is 184 Å². The van der Waals surface area contributed by atoms with Gasteiger partial charge in [-0.15, -0.1) is 11.3 Å². The molecule has 160 valence electrons. The minimum Gasteiger partial charge on any atom is -0.354 e. The second-order valence-electron chi connectivity index (χ2n) is 7.99. The summed E-state index contributed by atoms with van der Waals surface area (Å²) in [7, 11) is 0. The van der Waals surface area contributed by atoms with Crippen LogP contribution >= 0.6 is 11.3 Å². The van der Waals surface area contributed by atoms with Gasteiger partial charge in [0.05, 0.1) is 10.9 Å². The van der Waals surface area contributed by atoms with Crippen molar-refractivity contribution in [2.45, 2.75) is 19.3 Å². The maximum atomic E-state index is 12.3. The summed E-state index contributed by atoms with van der Waals surface area (Å²) in [5.41, 5.74) is 0.898. The lowest BCUT2D eigenvalue weighted by Crippen LogP contribution is -2.46. The summed E-state index contributed by atoms with van der Waals surface area (Å²) in [4.78, 5) is 27.4. The highest BCUT2D eigenvalue weighted by atomic mass is 32.1. The lowest BCUT2D eigenvalue weighted by atomic mass is 10.2. The van der Waals surface area contributed by atoms with Gasteiger partial charge in [-0.1, -0.05) is 18.2 Å². The average Bonchev–Trinajstić information content (AvgIpc) is 3.28. The Kier molecular flexibility index (Phi) is 5.57. The van der Waals surface area contributed by atoms with E-state index in [1.807, 2.05) is 17.5 Å². The fourth-order valence-corrected chi connectivity index (χ4v) is 4.97. The molecule has 0 bridgehead atoms. The van der Waals surface area contributed by atoms with E-state index in [1.54, 1.807) is 6.07 Å². The van der Waals surface area contributed by atoms with E-state index in [4.69, 9.17) is 10.8 Å². The van der Waals surface area contributed by atoms with Crippen molar-refractivity contribution in [1.82, 2.24) is 19.5 Å². The molecular formula is C23H26N6OS. The van der Waals surface area contributed by atoms with Crippen molar-refractivity contribution >= 4 is 38.3 Å². The van der Waals surface area contributed by atoms with Crippen molar-refractivity contribution in [3.8, 4) is 0 Å². The van der Waals surface area contributed by atoms with E-state index in [0.29, 0.717) is 11.2 Å². The number of thiophene rings is 1. The predicted octanol–water partition coefficient (Wildman–Crippen LogP) is 2.86. The highest BCUT2D eigenvalue weighted by molar-refractivity contribution is 7.16. The third-order valence-corrected chi connectivity index (χ3v) is 6.81. The SMILES string of the molecule is Nn1c(CCCCN2CCN(c3ccc4ccccc4n3)CC2)nc2sccc2c1=O. The van der Waals surface area contributed by atoms with Gasteiger partial charge in [-0.3, -0.25) is 9.69 Å². The predicted molar refractivity (Wildman–Crippen MR) is 127 cm³/mol. The maximum absolute atomic E-state index is 12.3. The molecule has 1 fully saturated rings. The van der Waals surface area contributed by atoms with Gasteiger partial charge in [0.25, 0.3) is 5.56 Å². The number of piperazine rings is 1. The first kappa shape index (κ1) is 20.0. The molecule has 0 radical (unpaired) electrons. The van der Waals surface area contributed by atoms with Crippen molar-refractivity contribution in [1.29, 1.82) is 0 Å². The Morgan fingerprint density at radius 1 is 0.968 bits per heavy atom. The highest BCUT2D eigenvalue weighted by Crippen LogP contribution is 2.19. The van der Waals surface area contributed by atoms with Crippen LogP contribution in [0.15, 0.2) is 52.6 Å². The van der Waals surface area contributed by atoms with Gasteiger partial charge in [-0.05, 0) is 49.0 Å². The zero-order valence-corrected chi connectivity index (χ0v) is 18.2. The Morgan fingerprint density at radius 2 is 1.81 bits per heavy atom. The summed E-state index contributed by atoms with van der Waals surface area (Å²) < 4.78 is 1.21. The Hall–Kier alpha value is -2.97. The number of nitrogens with two attached hydrogens (primary N) is 1. The summed E-state index contributed by atoms with van der Waals surface area (Å²) >= 11 is 1.49. The average molecular weight is 435 g/mol. The first-order chi connectivity index (χ1) is 15.2. The molecule has 0 amide bonds. The highest BCUT2D eigenvalue weighted by Gasteiger charge is 2.18. The quantitative estimate of drug-likeness (QED) is 0.371. The molecule has 1 aliphatic rings. The van der Waals surface area contributed by atoms with Crippen molar-refractivity contribution < 1.29 is 0 Å². The van der Waals surface area contributed by atoms with Gasteiger partial charge in [0.1, 0.15) is 16.5 Å². The fraction of sp³-hybridized carbons (Fsp3) is 0.348. The summed E-state index contributed by atoms with van der Waals surface area (Å²) in [5, 5.41) is 3.67. The lowest BCUT2D eigenvalue weighted by Gasteiger charge is -2.35. The molecule has 0 spiro atoms. The lowest BCUT2D eigenvalue weighted by molar-refractivity contribution is 0.252. The second-order valence-corrected chi connectivity index (χ2v) is 8.89. The van der Waals surface area contributed by atoms with Crippen LogP contribution in [0.25, 0.3) is 21.1 Å². The molecular weight excluding hydrogens is 408 g/mol. The van der Waals surface area contributed by atoms with Gasteiger partial charge < -0.3 is 10.7 Å². The third-order valence-electron chi connectivity index (χ3n) is 6.01. The minimum atomic E-state index is -0.153. The zero-order chi connectivity index (χ0) is 21.2. The molecule has 0 unspecified atom stereocenters. The second kappa shape index (κ2) is 8.64. The fourth-order valence-electron chi connectivity index (χ4n) is 4.20. The van der Waals surface area contributed by atoms with Gasteiger partial charge in [-0.2, -0.15) is 0 Å². The molecule has 2 N–H and O–H groups in total. The number of fused-ring (bicyclic) bond motifs is 2. The van der Waals surface area contributed by atoms with Crippen molar-refractivity contribution in [3.63, 3.8) is 0 Å². The van der Waals surface area contributed by atoms with Gasteiger partial charge in [-0.25, -0.2) is 14.6 Å². The number of hydrogen-bond acceptors (Lipinski definition) is 7. The van der Waals surface area contributed by atoms with E-state index in [-0.39, 0.29) is 5.56 Å². The summed E-state index contributed by atoms with van der Waals surface area (Å²) in [6.45, 7) is 5.11. The van der Waals surface area contributed by atoms with E-state index in [0.717, 1.165) is 68.2 Å². The van der Waals surface area contributed by atoms with Crippen LogP contribution in [0.5, 0.6) is 0 Å². The third kappa shape index (κ3) is 4.13. The van der Waals surface area contributed by atoms with Crippen LogP contribution in [0.4, 0.5) is 5.82 Å². The molecule has 31 heavy (non-hydrogen) atoms. The van der Waals surface area contributed by atoms with Crippen molar-refractivity contribution in [3.05, 3.63) is 64.0 Å². The molecule has 0 saturated carbocycles. The first-order valence-corrected chi connectivity index (χ1v) is 11.6. The van der Waals surface area contributed by atoms with Crippen LogP contribution < -0.4 is 16.3 Å². The number of unbranched alkanes of at least 4 members (excludes halogenated alkanes) is 1. The minimum absolute atomic E-state index is 0.153. The van der Waals surface area contributed by atoms with E-state index in [2.05, 4.69) is 39.0 Å². The van der Waals surface area contributed by atoms with Gasteiger partial charge in [0.2, 0.25) is 0 Å². The molecule has 7 nitrogen and oxygen atoms in total. The van der Waals surface area contributed by atoms with E-state index in [9.17, 15) is 4.79 Å². The molecule has 3 aromatic heterocycles. The van der Waals surface area contributed by atoms with Gasteiger partial charge >= 0.3 is 0 Å². The summed E-state index contributed by atoms with van der Waals surface area (Å²) in [6, 6.07) is 14.3. The summed E-state index contributed by atoms with van der Waals surface area (Å²) in [6.07, 6.45) is 2.75. The molecule has 4 heterocycles. The molecule has 1 aliphatic heterocycles. The molecule has 5 rings (SSSR count). The molecule has 1 saturated heterocycles. The van der Waals surface area contributed by atoms with E-state index in [1.165, 1.54) is 21.4 Å². The molecule has 0 atom stereocenters. The standard InChI is InChI=1S/C23H26N6OS/c24-29-21(26-22-18(23(29)30)10-16-31-22)7-3-4-11-27-12-14-28(15-13-27)20-9-8-17-5-1-2-6-19(17)25-20/h1-2,5-6,8-10,16H,3-4,7,11-15,24H2. The van der Waals surface area contributed by atoms with Crippen LogP contribution in [0, 0.1) is 0 Å². The summed E-state index contributed by atoms with van der Waals surface area (Å²) in [5.74, 6) is 7.70. The number of pyridine rings is 1. The normalized spacial score (nSPS) is 15.2. The number of nitrogen functional groups attached to an aromatic ring is 1. The van der Waals surface area contributed by atoms with E-state index >= 15 is 0 Å². The number of anilines is 1. The van der Waals surface area contributed by atoms with E-state index < -0.39 is 0 Å². The number of benzene rings is 1. The Balaban J connectivity index is 1.11. The van der Waals surface area contributed by atoms with Gasteiger partial charge in [0, 0.05) is 38.0 Å². The zero-order valence-electron chi connectivity index (χ0n) is 17.4. The Morgan fingerprint density at radius 3 is 2.68 bits per heavy atom. The topological polar surface area (TPSA) is 80.3 Å². The molecule has 1 aromatic carbocycles. The number of rotatable bonds is 6. The number of hydrogen-bond donors (Lipinski definition) is 1. The molecule has 4 aromatic rings. The van der Waals surface area contributed by atoms with Crippen LogP contribution in [-0.4, -0.2) is 52.3 Å². The van der Waals surface area contributed by atoms with Crippen LogP contribution in [0.1, 0.15) is 18.7 Å². The molecule has 0 aliphatic carbocycles. The smallest absolute Gasteiger partial charge is 0.280 e. The van der Waals surface area contributed by atoms with Gasteiger partial charge in [0.15, 0.2) is 0 Å². The maximum Gasteiger partial charge on any atom is 0.280 e. The largest absolute Gasteiger partial charge is 0.354 e. The van der Waals surface area contributed by atoms with Crippen LogP contribution in [0.2, 0.25) is 0 Å². The van der Waals surface area contributed by atoms with Crippen molar-refractivity contribution in [2.24, 2.45) is 0 Å². The number of aromatic nitrogens is 3. The number of aryl methyl sites for hydroxylation is 1. The monoisotopic (exact) mass is 434 g/mol.